The summed E-state index contributed by atoms with van der Waals surface area (Å²) in [7, 11) is 0. The maximum Gasteiger partial charge on any atom is 0.217 e. The molecule has 0 spiro atoms. The van der Waals surface area contributed by atoms with Crippen molar-refractivity contribution in [3.8, 4) is 0 Å². The molecule has 0 bridgehead atoms. The molecule has 0 aliphatic carbocycles. The van der Waals surface area contributed by atoms with Crippen LogP contribution in [0.2, 0.25) is 0 Å². The van der Waals surface area contributed by atoms with Gasteiger partial charge >= 0.3 is 0 Å². The SMILES string of the molecule is Brc1nccnn1. The zero-order valence-electron chi connectivity index (χ0n) is 3.37. The molecule has 1 aromatic heterocycles. The molecule has 7 heavy (non-hydrogen) atoms. The first-order chi connectivity index (χ1) is 3.39. The number of halogens is 1. The highest BCUT2D eigenvalue weighted by Crippen LogP contribution is 1.92. The third-order valence-electron chi connectivity index (χ3n) is 0.455. The Bertz CT molecular complexity index is 140. The Morgan fingerprint density at radius 1 is 1.43 bits per heavy atom. The highest BCUT2D eigenvalue weighted by Gasteiger charge is 1.79. The molecule has 0 saturated carbocycles. The standard InChI is InChI=1S/C3H2BrN3/c4-3-5-1-2-6-7-3/h1-2H. The predicted octanol–water partition coefficient (Wildman–Crippen LogP) is 0.634. The Morgan fingerprint density at radius 2 is 2.29 bits per heavy atom. The van der Waals surface area contributed by atoms with Crippen molar-refractivity contribution in [2.45, 2.75) is 0 Å². The number of nitrogens with zero attached hydrogens (tertiary/aromatic N) is 3. The number of rotatable bonds is 0. The molecular weight excluding hydrogens is 158 g/mol. The summed E-state index contributed by atoms with van der Waals surface area (Å²) in [6.07, 6.45) is 3.09. The molecule has 0 aliphatic rings. The van der Waals surface area contributed by atoms with E-state index in [1.54, 1.807) is 6.20 Å². The van der Waals surface area contributed by atoms with Gasteiger partial charge in [-0.05, 0) is 15.9 Å². The summed E-state index contributed by atoms with van der Waals surface area (Å²) < 4.78 is 0.523. The van der Waals surface area contributed by atoms with Gasteiger partial charge in [-0.1, -0.05) is 0 Å². The highest BCUT2D eigenvalue weighted by molar-refractivity contribution is 9.10. The van der Waals surface area contributed by atoms with Crippen molar-refractivity contribution in [2.24, 2.45) is 0 Å². The van der Waals surface area contributed by atoms with Crippen molar-refractivity contribution in [3.63, 3.8) is 0 Å². The lowest BCUT2D eigenvalue weighted by Gasteiger charge is -1.78. The van der Waals surface area contributed by atoms with E-state index in [1.807, 2.05) is 0 Å². The van der Waals surface area contributed by atoms with Gasteiger partial charge in [-0.3, -0.25) is 0 Å². The maximum atomic E-state index is 3.72. The van der Waals surface area contributed by atoms with Crippen molar-refractivity contribution in [3.05, 3.63) is 17.1 Å². The summed E-state index contributed by atoms with van der Waals surface area (Å²) in [4.78, 5) is 3.72. The molecule has 1 heterocycles. The number of hydrogen-bond donors (Lipinski definition) is 0. The van der Waals surface area contributed by atoms with Crippen LogP contribution < -0.4 is 0 Å². The van der Waals surface area contributed by atoms with Gasteiger partial charge in [0.1, 0.15) is 0 Å². The van der Waals surface area contributed by atoms with E-state index < -0.39 is 0 Å². The van der Waals surface area contributed by atoms with Crippen LogP contribution in [0, 0.1) is 0 Å². The summed E-state index contributed by atoms with van der Waals surface area (Å²) >= 11 is 3.03. The zero-order valence-corrected chi connectivity index (χ0v) is 4.96. The lowest BCUT2D eigenvalue weighted by atomic mass is 10.9. The fraction of sp³-hybridized carbons (Fsp3) is 0. The Balaban J connectivity index is 3.02. The maximum absolute atomic E-state index is 3.72. The van der Waals surface area contributed by atoms with E-state index in [2.05, 4.69) is 31.1 Å². The van der Waals surface area contributed by atoms with Crippen LogP contribution in [-0.2, 0) is 0 Å². The van der Waals surface area contributed by atoms with E-state index in [0.29, 0.717) is 4.73 Å². The molecule has 0 aliphatic heterocycles. The first-order valence-corrected chi connectivity index (χ1v) is 2.48. The van der Waals surface area contributed by atoms with Gasteiger partial charge in [-0.15, -0.1) is 5.10 Å². The fourth-order valence-corrected chi connectivity index (χ4v) is 0.441. The molecule has 3 nitrogen and oxygen atoms in total. The van der Waals surface area contributed by atoms with Crippen LogP contribution in [-0.4, -0.2) is 15.2 Å². The average Bonchev–Trinajstić information content (AvgIpc) is 1.69. The molecule has 0 N–H and O–H groups in total. The van der Waals surface area contributed by atoms with Crippen LogP contribution in [0.5, 0.6) is 0 Å². The van der Waals surface area contributed by atoms with Gasteiger partial charge in [0.15, 0.2) is 0 Å². The summed E-state index contributed by atoms with van der Waals surface area (Å²) in [5.74, 6) is 0. The Labute approximate surface area is 48.9 Å². The van der Waals surface area contributed by atoms with Crippen LogP contribution in [0.4, 0.5) is 0 Å². The van der Waals surface area contributed by atoms with Crippen molar-refractivity contribution in [2.75, 3.05) is 0 Å². The van der Waals surface area contributed by atoms with Crippen LogP contribution >= 0.6 is 15.9 Å². The molecule has 0 radical (unpaired) electrons. The lowest BCUT2D eigenvalue weighted by molar-refractivity contribution is 0.934. The van der Waals surface area contributed by atoms with Gasteiger partial charge < -0.3 is 0 Å². The number of hydrogen-bond acceptors (Lipinski definition) is 3. The van der Waals surface area contributed by atoms with E-state index in [0.717, 1.165) is 0 Å². The summed E-state index contributed by atoms with van der Waals surface area (Å²) in [6.45, 7) is 0. The van der Waals surface area contributed by atoms with Gasteiger partial charge in [-0.2, -0.15) is 5.10 Å². The second-order valence-electron chi connectivity index (χ2n) is 0.912. The lowest BCUT2D eigenvalue weighted by Crippen LogP contribution is -1.81. The fourth-order valence-electron chi connectivity index (χ4n) is 0.231. The molecule has 0 saturated heterocycles. The molecule has 0 amide bonds. The topological polar surface area (TPSA) is 38.7 Å². The van der Waals surface area contributed by atoms with Crippen LogP contribution in [0.3, 0.4) is 0 Å². The van der Waals surface area contributed by atoms with Gasteiger partial charge in [0.25, 0.3) is 0 Å². The third-order valence-corrected chi connectivity index (χ3v) is 0.818. The van der Waals surface area contributed by atoms with Gasteiger partial charge in [0.2, 0.25) is 4.73 Å². The van der Waals surface area contributed by atoms with E-state index in [1.165, 1.54) is 6.20 Å². The van der Waals surface area contributed by atoms with Crippen molar-refractivity contribution < 1.29 is 0 Å². The smallest absolute Gasteiger partial charge is 0.217 e. The molecule has 4 heteroatoms. The third kappa shape index (κ3) is 1.19. The van der Waals surface area contributed by atoms with Crippen LogP contribution in [0.15, 0.2) is 17.1 Å². The molecule has 0 aromatic carbocycles. The van der Waals surface area contributed by atoms with E-state index in [4.69, 9.17) is 0 Å². The Kier molecular flexibility index (Phi) is 1.31. The molecular formula is C3H2BrN3. The molecule has 0 atom stereocenters. The molecule has 1 rings (SSSR count). The van der Waals surface area contributed by atoms with Crippen molar-refractivity contribution >= 4 is 15.9 Å². The minimum absolute atomic E-state index is 0.523. The van der Waals surface area contributed by atoms with Crippen LogP contribution in [0.1, 0.15) is 0 Å². The van der Waals surface area contributed by atoms with Gasteiger partial charge in [0.05, 0.1) is 12.4 Å². The first kappa shape index (κ1) is 4.64. The van der Waals surface area contributed by atoms with E-state index >= 15 is 0 Å². The van der Waals surface area contributed by atoms with Gasteiger partial charge in [0, 0.05) is 0 Å². The monoisotopic (exact) mass is 159 g/mol. The first-order valence-electron chi connectivity index (χ1n) is 1.69. The molecule has 36 valence electrons. The minimum atomic E-state index is 0.523. The second-order valence-corrected chi connectivity index (χ2v) is 1.62. The van der Waals surface area contributed by atoms with Crippen molar-refractivity contribution in [1.82, 2.24) is 15.2 Å². The van der Waals surface area contributed by atoms with Gasteiger partial charge in [-0.25, -0.2) is 4.98 Å². The largest absolute Gasteiger partial charge is 0.228 e. The predicted molar refractivity (Wildman–Crippen MR) is 27.5 cm³/mol. The normalized spacial score (nSPS) is 8.71. The van der Waals surface area contributed by atoms with E-state index in [-0.39, 0.29) is 0 Å². The minimum Gasteiger partial charge on any atom is -0.228 e. The summed E-state index contributed by atoms with van der Waals surface area (Å²) in [5.41, 5.74) is 0. The molecule has 0 fully saturated rings. The Hall–Kier alpha value is -0.510. The molecule has 0 unspecified atom stereocenters. The van der Waals surface area contributed by atoms with Crippen LogP contribution in [0.25, 0.3) is 0 Å². The highest BCUT2D eigenvalue weighted by atomic mass is 79.9. The quantitative estimate of drug-likeness (QED) is 0.558. The number of aromatic nitrogens is 3. The zero-order chi connectivity index (χ0) is 5.11. The second kappa shape index (κ2) is 1.97. The van der Waals surface area contributed by atoms with Crippen molar-refractivity contribution in [1.29, 1.82) is 0 Å². The van der Waals surface area contributed by atoms with E-state index in [9.17, 15) is 0 Å². The average molecular weight is 160 g/mol. The summed E-state index contributed by atoms with van der Waals surface area (Å²) in [5, 5.41) is 7.06. The Morgan fingerprint density at radius 3 is 2.57 bits per heavy atom. The molecule has 1 aromatic rings. The summed E-state index contributed by atoms with van der Waals surface area (Å²) in [6, 6.07) is 0.